The van der Waals surface area contributed by atoms with E-state index in [4.69, 9.17) is 9.47 Å². The van der Waals surface area contributed by atoms with Gasteiger partial charge < -0.3 is 19.5 Å². The number of carbonyl (C=O) groups excluding carboxylic acids is 2. The Hall–Kier alpha value is -1.56. The highest BCUT2D eigenvalue weighted by Gasteiger charge is 2.45. The molecule has 1 saturated carbocycles. The molecule has 1 aliphatic heterocycles. The van der Waals surface area contributed by atoms with E-state index in [-0.39, 0.29) is 12.0 Å². The Morgan fingerprint density at radius 2 is 2.06 bits per heavy atom. The zero-order valence-corrected chi connectivity index (χ0v) is 10.5. The zero-order chi connectivity index (χ0) is 13.2. The Labute approximate surface area is 105 Å². The largest absolute Gasteiger partial charge is 0.513 e. The highest BCUT2D eigenvalue weighted by molar-refractivity contribution is 5.92. The summed E-state index contributed by atoms with van der Waals surface area (Å²) in [4.78, 5) is 22.7. The van der Waals surface area contributed by atoms with Gasteiger partial charge in [0.2, 0.25) is 5.91 Å². The van der Waals surface area contributed by atoms with Crippen LogP contribution in [-0.4, -0.2) is 37.9 Å². The number of hydrogen-bond acceptors (Lipinski definition) is 5. The van der Waals surface area contributed by atoms with Crippen molar-refractivity contribution in [2.24, 2.45) is 0 Å². The Morgan fingerprint density at radius 3 is 2.61 bits per heavy atom. The van der Waals surface area contributed by atoms with Gasteiger partial charge in [0.05, 0.1) is 18.8 Å². The smallest absolute Gasteiger partial charge is 0.437 e. The average Bonchev–Trinajstić information content (AvgIpc) is 2.66. The standard InChI is InChI=1S/C12H17NO5/c1-16-8-3-5-12(6-4-8)9(7-10(14)13-12)18-11(15)17-2/h7-8H,3-6H2,1-2H3,(H,13,14). The summed E-state index contributed by atoms with van der Waals surface area (Å²) in [6.45, 7) is 0. The Morgan fingerprint density at radius 1 is 1.39 bits per heavy atom. The van der Waals surface area contributed by atoms with E-state index in [0.29, 0.717) is 18.6 Å². The Balaban J connectivity index is 2.10. The molecule has 1 N–H and O–H groups in total. The predicted molar refractivity (Wildman–Crippen MR) is 61.7 cm³/mol. The summed E-state index contributed by atoms with van der Waals surface area (Å²) in [6, 6.07) is 0. The summed E-state index contributed by atoms with van der Waals surface area (Å²) < 4.78 is 14.8. The van der Waals surface area contributed by atoms with Gasteiger partial charge in [-0.3, -0.25) is 4.79 Å². The second-order valence-electron chi connectivity index (χ2n) is 4.57. The summed E-state index contributed by atoms with van der Waals surface area (Å²) in [7, 11) is 2.92. The first kappa shape index (κ1) is 12.9. The maximum atomic E-state index is 11.5. The fourth-order valence-corrected chi connectivity index (χ4v) is 2.54. The first-order valence-electron chi connectivity index (χ1n) is 5.92. The first-order valence-corrected chi connectivity index (χ1v) is 5.92. The van der Waals surface area contributed by atoms with Gasteiger partial charge in [-0.05, 0) is 25.7 Å². The minimum atomic E-state index is -0.800. The topological polar surface area (TPSA) is 73.9 Å². The van der Waals surface area contributed by atoms with Gasteiger partial charge in [-0.15, -0.1) is 0 Å². The van der Waals surface area contributed by atoms with Crippen LogP contribution in [-0.2, 0) is 19.0 Å². The van der Waals surface area contributed by atoms with Crippen molar-refractivity contribution >= 4 is 12.1 Å². The van der Waals surface area contributed by atoms with Gasteiger partial charge in [-0.1, -0.05) is 0 Å². The van der Waals surface area contributed by atoms with E-state index >= 15 is 0 Å². The zero-order valence-electron chi connectivity index (χ0n) is 10.5. The molecule has 6 nitrogen and oxygen atoms in total. The maximum absolute atomic E-state index is 11.5. The van der Waals surface area contributed by atoms with Crippen molar-refractivity contribution in [3.8, 4) is 0 Å². The van der Waals surface area contributed by atoms with Crippen molar-refractivity contribution in [3.05, 3.63) is 11.8 Å². The third-order valence-corrected chi connectivity index (χ3v) is 3.58. The number of amides is 1. The Kier molecular flexibility index (Phi) is 3.56. The summed E-state index contributed by atoms with van der Waals surface area (Å²) in [5.74, 6) is 0.124. The van der Waals surface area contributed by atoms with Crippen LogP contribution in [0.15, 0.2) is 11.8 Å². The molecule has 0 atom stereocenters. The molecule has 2 aliphatic rings. The average molecular weight is 255 g/mol. The van der Waals surface area contributed by atoms with E-state index < -0.39 is 11.7 Å². The third kappa shape index (κ3) is 2.33. The number of methoxy groups -OCH3 is 2. The van der Waals surface area contributed by atoms with Crippen molar-refractivity contribution in [3.63, 3.8) is 0 Å². The van der Waals surface area contributed by atoms with Crippen LogP contribution < -0.4 is 5.32 Å². The molecule has 0 aromatic heterocycles. The SMILES string of the molecule is COC(=O)OC1=CC(=O)NC12CCC(OC)CC2. The molecule has 100 valence electrons. The van der Waals surface area contributed by atoms with E-state index in [2.05, 4.69) is 10.1 Å². The van der Waals surface area contributed by atoms with Crippen LogP contribution in [0, 0.1) is 0 Å². The van der Waals surface area contributed by atoms with Gasteiger partial charge in [-0.25, -0.2) is 4.79 Å². The van der Waals surface area contributed by atoms with Crippen molar-refractivity contribution in [1.29, 1.82) is 0 Å². The monoisotopic (exact) mass is 255 g/mol. The van der Waals surface area contributed by atoms with Gasteiger partial charge in [0.25, 0.3) is 0 Å². The molecule has 1 spiro atoms. The molecule has 0 aromatic carbocycles. The molecule has 0 radical (unpaired) electrons. The highest BCUT2D eigenvalue weighted by Crippen LogP contribution is 2.38. The summed E-state index contributed by atoms with van der Waals surface area (Å²) in [5.41, 5.74) is -0.569. The molecule has 6 heteroatoms. The van der Waals surface area contributed by atoms with E-state index in [1.165, 1.54) is 13.2 Å². The summed E-state index contributed by atoms with van der Waals surface area (Å²) in [5, 5.41) is 2.87. The number of carbonyl (C=O) groups is 2. The van der Waals surface area contributed by atoms with Crippen LogP contribution in [0.3, 0.4) is 0 Å². The van der Waals surface area contributed by atoms with Gasteiger partial charge >= 0.3 is 6.16 Å². The molecule has 0 bridgehead atoms. The number of ether oxygens (including phenoxy) is 3. The van der Waals surface area contributed by atoms with Crippen molar-refractivity contribution in [2.75, 3.05) is 14.2 Å². The van der Waals surface area contributed by atoms with Crippen LogP contribution in [0.1, 0.15) is 25.7 Å². The van der Waals surface area contributed by atoms with Gasteiger partial charge in [-0.2, -0.15) is 0 Å². The normalized spacial score (nSPS) is 30.9. The maximum Gasteiger partial charge on any atom is 0.513 e. The molecule has 0 aromatic rings. The van der Waals surface area contributed by atoms with E-state index in [0.717, 1.165) is 12.8 Å². The molecule has 2 rings (SSSR count). The van der Waals surface area contributed by atoms with Crippen LogP contribution in [0.25, 0.3) is 0 Å². The van der Waals surface area contributed by atoms with Crippen molar-refractivity contribution < 1.29 is 23.8 Å². The lowest BCUT2D eigenvalue weighted by atomic mass is 9.80. The molecule has 0 saturated heterocycles. The van der Waals surface area contributed by atoms with E-state index in [9.17, 15) is 9.59 Å². The van der Waals surface area contributed by atoms with Crippen molar-refractivity contribution in [2.45, 2.75) is 37.3 Å². The van der Waals surface area contributed by atoms with Crippen molar-refractivity contribution in [1.82, 2.24) is 5.32 Å². The lowest BCUT2D eigenvalue weighted by Gasteiger charge is -2.37. The minimum Gasteiger partial charge on any atom is -0.437 e. The summed E-state index contributed by atoms with van der Waals surface area (Å²) >= 11 is 0. The molecular formula is C12H17NO5. The van der Waals surface area contributed by atoms with E-state index in [1.54, 1.807) is 7.11 Å². The van der Waals surface area contributed by atoms with E-state index in [1.807, 2.05) is 0 Å². The third-order valence-electron chi connectivity index (χ3n) is 3.58. The van der Waals surface area contributed by atoms with Gasteiger partial charge in [0, 0.05) is 13.2 Å². The number of hydrogen-bond donors (Lipinski definition) is 1. The fraction of sp³-hybridized carbons (Fsp3) is 0.667. The molecule has 18 heavy (non-hydrogen) atoms. The van der Waals surface area contributed by atoms with Gasteiger partial charge in [0.1, 0.15) is 5.76 Å². The van der Waals surface area contributed by atoms with Crippen LogP contribution >= 0.6 is 0 Å². The highest BCUT2D eigenvalue weighted by atomic mass is 16.7. The second-order valence-corrected chi connectivity index (χ2v) is 4.57. The quantitative estimate of drug-likeness (QED) is 0.748. The molecular weight excluding hydrogens is 238 g/mol. The van der Waals surface area contributed by atoms with Crippen LogP contribution in [0.4, 0.5) is 4.79 Å². The number of rotatable bonds is 2. The van der Waals surface area contributed by atoms with Gasteiger partial charge in [0.15, 0.2) is 0 Å². The fourth-order valence-electron chi connectivity index (χ4n) is 2.54. The predicted octanol–water partition coefficient (Wildman–Crippen LogP) is 1.11. The molecule has 1 amide bonds. The minimum absolute atomic E-state index is 0.201. The molecule has 1 aliphatic carbocycles. The summed E-state index contributed by atoms with van der Waals surface area (Å²) in [6.07, 6.45) is 3.75. The lowest BCUT2D eigenvalue weighted by Crippen LogP contribution is -2.49. The molecule has 1 fully saturated rings. The Bertz CT molecular complexity index is 382. The van der Waals surface area contributed by atoms with Crippen LogP contribution in [0.5, 0.6) is 0 Å². The molecule has 0 unspecified atom stereocenters. The number of nitrogens with one attached hydrogen (secondary N) is 1. The first-order chi connectivity index (χ1) is 8.59. The second kappa shape index (κ2) is 4.97. The molecule has 1 heterocycles. The van der Waals surface area contributed by atoms with Crippen LogP contribution in [0.2, 0.25) is 0 Å². The lowest BCUT2D eigenvalue weighted by molar-refractivity contribution is -0.117.